The quantitative estimate of drug-likeness (QED) is 0.877. The number of carboxylic acids is 1. The first-order chi connectivity index (χ1) is 7.58. The third kappa shape index (κ3) is 2.11. The lowest BCUT2D eigenvalue weighted by atomic mass is 10.2. The van der Waals surface area contributed by atoms with E-state index in [2.05, 4.69) is 27.7 Å². The number of halogens is 1. The topological polar surface area (TPSA) is 68.3 Å². The lowest BCUT2D eigenvalue weighted by Gasteiger charge is -2.08. The molecule has 0 bridgehead atoms. The molecule has 6 heteroatoms. The summed E-state index contributed by atoms with van der Waals surface area (Å²) < 4.78 is 7.96. The minimum absolute atomic E-state index is 0.0521. The maximum atomic E-state index is 10.7. The summed E-state index contributed by atoms with van der Waals surface area (Å²) >= 11 is 2.16. The Labute approximate surface area is 105 Å². The van der Waals surface area contributed by atoms with E-state index in [0.717, 1.165) is 3.57 Å². The number of aromatic nitrogens is 2. The SMILES string of the molecule is CC(c1ccc(C(=O)O)o1)n1cc(I)cn1. The Morgan fingerprint density at radius 3 is 2.88 bits per heavy atom. The molecule has 1 unspecified atom stereocenters. The molecule has 0 saturated carbocycles. The molecule has 84 valence electrons. The van der Waals surface area contributed by atoms with Gasteiger partial charge in [-0.15, -0.1) is 0 Å². The van der Waals surface area contributed by atoms with Gasteiger partial charge in [0, 0.05) is 6.20 Å². The van der Waals surface area contributed by atoms with Crippen molar-refractivity contribution in [1.82, 2.24) is 9.78 Å². The van der Waals surface area contributed by atoms with Gasteiger partial charge in [0.1, 0.15) is 11.8 Å². The molecule has 0 radical (unpaired) electrons. The van der Waals surface area contributed by atoms with Crippen molar-refractivity contribution in [3.8, 4) is 0 Å². The lowest BCUT2D eigenvalue weighted by Crippen LogP contribution is -2.06. The number of rotatable bonds is 3. The average Bonchev–Trinajstić information content (AvgIpc) is 2.84. The van der Waals surface area contributed by atoms with E-state index < -0.39 is 5.97 Å². The minimum Gasteiger partial charge on any atom is -0.475 e. The van der Waals surface area contributed by atoms with Gasteiger partial charge < -0.3 is 9.52 Å². The molecule has 0 amide bonds. The second kappa shape index (κ2) is 4.28. The van der Waals surface area contributed by atoms with E-state index in [9.17, 15) is 4.79 Å². The van der Waals surface area contributed by atoms with Gasteiger partial charge in [0.15, 0.2) is 0 Å². The second-order valence-electron chi connectivity index (χ2n) is 3.32. The van der Waals surface area contributed by atoms with Crippen LogP contribution in [0.15, 0.2) is 28.9 Å². The van der Waals surface area contributed by atoms with E-state index in [1.807, 2.05) is 13.1 Å². The second-order valence-corrected chi connectivity index (χ2v) is 4.57. The van der Waals surface area contributed by atoms with Crippen LogP contribution >= 0.6 is 22.6 Å². The van der Waals surface area contributed by atoms with E-state index in [-0.39, 0.29) is 11.8 Å². The van der Waals surface area contributed by atoms with Crippen molar-refractivity contribution in [2.45, 2.75) is 13.0 Å². The van der Waals surface area contributed by atoms with Crippen molar-refractivity contribution in [1.29, 1.82) is 0 Å². The zero-order chi connectivity index (χ0) is 11.7. The van der Waals surface area contributed by atoms with Crippen LogP contribution in [-0.2, 0) is 0 Å². The summed E-state index contributed by atoms with van der Waals surface area (Å²) in [5, 5.41) is 12.9. The first kappa shape index (κ1) is 11.2. The number of nitrogens with zero attached hydrogens (tertiary/aromatic N) is 2. The van der Waals surface area contributed by atoms with Gasteiger partial charge >= 0.3 is 5.97 Å². The smallest absolute Gasteiger partial charge is 0.371 e. The Kier molecular flexibility index (Phi) is 2.99. The minimum atomic E-state index is -1.06. The van der Waals surface area contributed by atoms with Gasteiger partial charge in [-0.1, -0.05) is 0 Å². The molecule has 2 rings (SSSR count). The molecule has 0 aromatic carbocycles. The summed E-state index contributed by atoms with van der Waals surface area (Å²) in [4.78, 5) is 10.7. The van der Waals surface area contributed by atoms with Gasteiger partial charge in [0.2, 0.25) is 5.76 Å². The maximum Gasteiger partial charge on any atom is 0.371 e. The fraction of sp³-hybridized carbons (Fsp3) is 0.200. The van der Waals surface area contributed by atoms with Crippen LogP contribution in [0.1, 0.15) is 29.3 Å². The molecule has 1 N–H and O–H groups in total. The maximum absolute atomic E-state index is 10.7. The van der Waals surface area contributed by atoms with Crippen LogP contribution in [0.2, 0.25) is 0 Å². The van der Waals surface area contributed by atoms with Crippen molar-refractivity contribution in [2.75, 3.05) is 0 Å². The summed E-state index contributed by atoms with van der Waals surface area (Å²) in [7, 11) is 0. The molecule has 5 nitrogen and oxygen atoms in total. The lowest BCUT2D eigenvalue weighted by molar-refractivity contribution is 0.0659. The summed E-state index contributed by atoms with van der Waals surface area (Å²) in [6.45, 7) is 1.90. The summed E-state index contributed by atoms with van der Waals surface area (Å²) in [5.41, 5.74) is 0. The number of furan rings is 1. The fourth-order valence-corrected chi connectivity index (χ4v) is 1.76. The molecule has 0 fully saturated rings. The zero-order valence-corrected chi connectivity index (χ0v) is 10.6. The van der Waals surface area contributed by atoms with Crippen molar-refractivity contribution in [3.63, 3.8) is 0 Å². The highest BCUT2D eigenvalue weighted by atomic mass is 127. The van der Waals surface area contributed by atoms with E-state index >= 15 is 0 Å². The van der Waals surface area contributed by atoms with Gasteiger partial charge in [-0.05, 0) is 41.6 Å². The van der Waals surface area contributed by atoms with Gasteiger partial charge in [-0.3, -0.25) is 4.68 Å². The Hall–Kier alpha value is -1.31. The molecular weight excluding hydrogens is 323 g/mol. The Morgan fingerprint density at radius 2 is 2.38 bits per heavy atom. The van der Waals surface area contributed by atoms with Crippen molar-refractivity contribution in [3.05, 3.63) is 39.6 Å². The van der Waals surface area contributed by atoms with Gasteiger partial charge in [-0.2, -0.15) is 5.10 Å². The number of carbonyl (C=O) groups is 1. The Bertz CT molecular complexity index is 518. The third-order valence-corrected chi connectivity index (χ3v) is 2.77. The van der Waals surface area contributed by atoms with E-state index in [0.29, 0.717) is 5.76 Å². The number of hydrogen-bond acceptors (Lipinski definition) is 3. The van der Waals surface area contributed by atoms with Crippen LogP contribution in [0.5, 0.6) is 0 Å². The first-order valence-corrected chi connectivity index (χ1v) is 5.68. The van der Waals surface area contributed by atoms with Crippen LogP contribution in [-0.4, -0.2) is 20.9 Å². The Morgan fingerprint density at radius 1 is 1.62 bits per heavy atom. The van der Waals surface area contributed by atoms with Crippen LogP contribution in [0.25, 0.3) is 0 Å². The average molecular weight is 332 g/mol. The number of aromatic carboxylic acids is 1. The third-order valence-electron chi connectivity index (χ3n) is 2.22. The molecular formula is C10H9IN2O3. The van der Waals surface area contributed by atoms with Crippen LogP contribution in [0.3, 0.4) is 0 Å². The largest absolute Gasteiger partial charge is 0.475 e. The highest BCUT2D eigenvalue weighted by Gasteiger charge is 2.15. The molecule has 2 aromatic rings. The van der Waals surface area contributed by atoms with Crippen molar-refractivity contribution in [2.24, 2.45) is 0 Å². The normalized spacial score (nSPS) is 12.6. The van der Waals surface area contributed by atoms with E-state index in [1.165, 1.54) is 6.07 Å². The molecule has 2 heterocycles. The highest BCUT2D eigenvalue weighted by Crippen LogP contribution is 2.20. The van der Waals surface area contributed by atoms with Gasteiger partial charge in [0.05, 0.1) is 9.77 Å². The van der Waals surface area contributed by atoms with Crippen LogP contribution < -0.4 is 0 Å². The monoisotopic (exact) mass is 332 g/mol. The number of hydrogen-bond donors (Lipinski definition) is 1. The summed E-state index contributed by atoms with van der Waals surface area (Å²) in [5.74, 6) is -0.533. The first-order valence-electron chi connectivity index (χ1n) is 4.60. The van der Waals surface area contributed by atoms with E-state index in [1.54, 1.807) is 16.9 Å². The zero-order valence-electron chi connectivity index (χ0n) is 8.42. The van der Waals surface area contributed by atoms with Crippen LogP contribution in [0, 0.1) is 3.57 Å². The molecule has 0 saturated heterocycles. The van der Waals surface area contributed by atoms with Gasteiger partial charge in [0.25, 0.3) is 0 Å². The molecule has 1 atom stereocenters. The molecule has 2 aromatic heterocycles. The fourth-order valence-electron chi connectivity index (χ4n) is 1.35. The van der Waals surface area contributed by atoms with Crippen molar-refractivity contribution >= 4 is 28.6 Å². The van der Waals surface area contributed by atoms with Gasteiger partial charge in [-0.25, -0.2) is 4.79 Å². The van der Waals surface area contributed by atoms with Crippen LogP contribution in [0.4, 0.5) is 0 Å². The Balaban J connectivity index is 2.26. The molecule has 0 aliphatic rings. The molecule has 0 aliphatic carbocycles. The standard InChI is InChI=1S/C10H9IN2O3/c1-6(13-5-7(11)4-12-13)8-2-3-9(16-8)10(14)15/h2-6H,1H3,(H,14,15). The predicted octanol–water partition coefficient (Wildman–Crippen LogP) is 2.39. The molecule has 0 spiro atoms. The number of carboxylic acid groups (broad SMARTS) is 1. The van der Waals surface area contributed by atoms with Crippen molar-refractivity contribution < 1.29 is 14.3 Å². The predicted molar refractivity (Wildman–Crippen MR) is 64.4 cm³/mol. The molecule has 16 heavy (non-hydrogen) atoms. The van der Waals surface area contributed by atoms with E-state index in [4.69, 9.17) is 9.52 Å². The molecule has 0 aliphatic heterocycles. The highest BCUT2D eigenvalue weighted by molar-refractivity contribution is 14.1. The summed E-state index contributed by atoms with van der Waals surface area (Å²) in [6.07, 6.45) is 3.60. The summed E-state index contributed by atoms with van der Waals surface area (Å²) in [6, 6.07) is 2.99.